The van der Waals surface area contributed by atoms with E-state index in [1.54, 1.807) is 7.05 Å². The molecule has 0 spiro atoms. The van der Waals surface area contributed by atoms with Crippen molar-refractivity contribution in [3.63, 3.8) is 0 Å². The van der Waals surface area contributed by atoms with Crippen molar-refractivity contribution < 1.29 is 8.78 Å². The predicted molar refractivity (Wildman–Crippen MR) is 67.8 cm³/mol. The topological polar surface area (TPSA) is 42.2 Å². The highest BCUT2D eigenvalue weighted by Gasteiger charge is 2.14. The first kappa shape index (κ1) is 12.3. The van der Waals surface area contributed by atoms with Crippen LogP contribution in [0.1, 0.15) is 5.56 Å². The molecule has 0 saturated carbocycles. The summed E-state index contributed by atoms with van der Waals surface area (Å²) in [6.45, 7) is 1.93. The maximum absolute atomic E-state index is 13.7. The van der Waals surface area contributed by atoms with Crippen molar-refractivity contribution in [3.05, 3.63) is 47.5 Å². The van der Waals surface area contributed by atoms with E-state index in [2.05, 4.69) is 4.98 Å². The molecule has 94 valence electrons. The monoisotopic (exact) mass is 249 g/mol. The molecule has 0 saturated heterocycles. The summed E-state index contributed by atoms with van der Waals surface area (Å²) in [6, 6.07) is 8.21. The number of pyridine rings is 1. The van der Waals surface area contributed by atoms with E-state index in [-0.39, 0.29) is 11.6 Å². The van der Waals surface area contributed by atoms with Crippen molar-refractivity contribution in [2.45, 2.75) is 6.92 Å². The predicted octanol–water partition coefficient (Wildman–Crippen LogP) is 3.02. The van der Waals surface area contributed by atoms with Gasteiger partial charge < -0.3 is 10.6 Å². The molecule has 2 aromatic rings. The van der Waals surface area contributed by atoms with Crippen LogP contribution in [0.5, 0.6) is 0 Å². The molecule has 2 N–H and O–H groups in total. The van der Waals surface area contributed by atoms with Crippen LogP contribution in [0, 0.1) is 18.6 Å². The summed E-state index contributed by atoms with van der Waals surface area (Å²) >= 11 is 0. The van der Waals surface area contributed by atoms with E-state index in [9.17, 15) is 8.78 Å². The Morgan fingerprint density at radius 3 is 2.56 bits per heavy atom. The number of nitrogens with two attached hydrogens (primary N) is 1. The molecule has 0 aliphatic carbocycles. The molecule has 3 nitrogen and oxygen atoms in total. The fourth-order valence-electron chi connectivity index (χ4n) is 1.66. The smallest absolute Gasteiger partial charge is 0.171 e. The average Bonchev–Trinajstić information content (AvgIpc) is 2.33. The first-order chi connectivity index (χ1) is 8.49. The number of hydrogen-bond donors (Lipinski definition) is 1. The van der Waals surface area contributed by atoms with Gasteiger partial charge in [-0.05, 0) is 24.6 Å². The van der Waals surface area contributed by atoms with Crippen molar-refractivity contribution in [2.75, 3.05) is 17.7 Å². The van der Waals surface area contributed by atoms with Gasteiger partial charge in [-0.3, -0.25) is 0 Å². The zero-order chi connectivity index (χ0) is 13.3. The summed E-state index contributed by atoms with van der Waals surface area (Å²) in [5.74, 6) is -1.91. The van der Waals surface area contributed by atoms with Gasteiger partial charge in [-0.1, -0.05) is 12.1 Å². The number of halogens is 2. The maximum Gasteiger partial charge on any atom is 0.171 e. The lowest BCUT2D eigenvalue weighted by Gasteiger charge is -2.19. The number of nitrogens with zero attached hydrogens (tertiary/aromatic N) is 2. The third-order valence-electron chi connectivity index (χ3n) is 2.64. The minimum Gasteiger partial charge on any atom is -0.381 e. The van der Waals surface area contributed by atoms with Crippen LogP contribution in [-0.2, 0) is 0 Å². The van der Waals surface area contributed by atoms with E-state index in [4.69, 9.17) is 5.73 Å². The first-order valence-corrected chi connectivity index (χ1v) is 5.41. The van der Waals surface area contributed by atoms with Gasteiger partial charge in [-0.25, -0.2) is 13.8 Å². The molecule has 5 heteroatoms. The van der Waals surface area contributed by atoms with E-state index >= 15 is 0 Å². The molecule has 0 unspecified atom stereocenters. The van der Waals surface area contributed by atoms with Crippen molar-refractivity contribution in [1.82, 2.24) is 4.98 Å². The Balaban J connectivity index is 2.46. The van der Waals surface area contributed by atoms with Gasteiger partial charge in [0.15, 0.2) is 23.3 Å². The number of nitrogen functional groups attached to an aromatic ring is 1. The second kappa shape index (κ2) is 4.60. The van der Waals surface area contributed by atoms with E-state index in [1.807, 2.05) is 31.2 Å². The Morgan fingerprint density at radius 1 is 1.17 bits per heavy atom. The van der Waals surface area contributed by atoms with Crippen LogP contribution in [0.2, 0.25) is 0 Å². The van der Waals surface area contributed by atoms with Gasteiger partial charge in [-0.15, -0.1) is 0 Å². The molecule has 1 aromatic carbocycles. The average molecular weight is 249 g/mol. The lowest BCUT2D eigenvalue weighted by molar-refractivity contribution is 0.577. The summed E-state index contributed by atoms with van der Waals surface area (Å²) in [5, 5.41) is 0. The van der Waals surface area contributed by atoms with Crippen LogP contribution in [-0.4, -0.2) is 12.0 Å². The highest BCUT2D eigenvalue weighted by molar-refractivity contribution is 5.61. The lowest BCUT2D eigenvalue weighted by atomic mass is 10.2. The fraction of sp³-hybridized carbons (Fsp3) is 0.154. The first-order valence-electron chi connectivity index (χ1n) is 5.41. The molecule has 0 aliphatic heterocycles. The zero-order valence-corrected chi connectivity index (χ0v) is 10.1. The van der Waals surface area contributed by atoms with Crippen molar-refractivity contribution in [2.24, 2.45) is 0 Å². The van der Waals surface area contributed by atoms with Gasteiger partial charge in [0.2, 0.25) is 0 Å². The van der Waals surface area contributed by atoms with Crippen LogP contribution >= 0.6 is 0 Å². The molecule has 18 heavy (non-hydrogen) atoms. The molecule has 0 bridgehead atoms. The molecule has 0 radical (unpaired) electrons. The molecule has 1 aromatic heterocycles. The van der Waals surface area contributed by atoms with E-state index < -0.39 is 11.6 Å². The summed E-state index contributed by atoms with van der Waals surface area (Å²) < 4.78 is 26.7. The lowest BCUT2D eigenvalue weighted by Crippen LogP contribution is -2.14. The fourth-order valence-corrected chi connectivity index (χ4v) is 1.66. The Morgan fingerprint density at radius 2 is 1.89 bits per heavy atom. The van der Waals surface area contributed by atoms with E-state index in [1.165, 1.54) is 4.90 Å². The molecule has 0 fully saturated rings. The van der Waals surface area contributed by atoms with Crippen molar-refractivity contribution in [3.8, 4) is 0 Å². The minimum atomic E-state index is -0.853. The SMILES string of the molecule is Cc1cccc(N(C)c2nc(N)c(F)cc2F)c1. The van der Waals surface area contributed by atoms with Crippen LogP contribution in [0.15, 0.2) is 30.3 Å². The quantitative estimate of drug-likeness (QED) is 0.889. The van der Waals surface area contributed by atoms with Gasteiger partial charge in [-0.2, -0.15) is 0 Å². The van der Waals surface area contributed by atoms with Gasteiger partial charge in [0.1, 0.15) is 0 Å². The Labute approximate surface area is 104 Å². The Hall–Kier alpha value is -2.17. The largest absolute Gasteiger partial charge is 0.381 e. The third kappa shape index (κ3) is 2.25. The highest BCUT2D eigenvalue weighted by atomic mass is 19.1. The second-order valence-corrected chi connectivity index (χ2v) is 4.06. The van der Waals surface area contributed by atoms with Crippen LogP contribution in [0.25, 0.3) is 0 Å². The molecule has 2 rings (SSSR count). The number of hydrogen-bond acceptors (Lipinski definition) is 3. The van der Waals surface area contributed by atoms with Crippen molar-refractivity contribution >= 4 is 17.3 Å². The molecule has 1 heterocycles. The molecular formula is C13H13F2N3. The van der Waals surface area contributed by atoms with E-state index in [0.29, 0.717) is 0 Å². The summed E-state index contributed by atoms with van der Waals surface area (Å²) in [4.78, 5) is 5.26. The molecule has 0 atom stereocenters. The number of anilines is 3. The van der Waals surface area contributed by atoms with Crippen LogP contribution in [0.3, 0.4) is 0 Å². The van der Waals surface area contributed by atoms with Crippen LogP contribution in [0.4, 0.5) is 26.1 Å². The zero-order valence-electron chi connectivity index (χ0n) is 10.1. The molecule has 0 amide bonds. The number of rotatable bonds is 2. The summed E-state index contributed by atoms with van der Waals surface area (Å²) in [6.07, 6.45) is 0. The third-order valence-corrected chi connectivity index (χ3v) is 2.64. The minimum absolute atomic E-state index is 0.000463. The Kier molecular flexibility index (Phi) is 3.14. The standard InChI is InChI=1S/C13H13F2N3/c1-8-4-3-5-9(6-8)18(2)13-11(15)7-10(14)12(16)17-13/h3-7H,1-2H3,(H2,16,17). The van der Waals surface area contributed by atoms with Gasteiger partial charge >= 0.3 is 0 Å². The number of aryl methyl sites for hydroxylation is 1. The van der Waals surface area contributed by atoms with E-state index in [0.717, 1.165) is 17.3 Å². The molecule has 0 aliphatic rings. The van der Waals surface area contributed by atoms with Gasteiger partial charge in [0.05, 0.1) is 0 Å². The summed E-state index contributed by atoms with van der Waals surface area (Å²) in [7, 11) is 1.65. The summed E-state index contributed by atoms with van der Waals surface area (Å²) in [5.41, 5.74) is 7.15. The number of benzene rings is 1. The second-order valence-electron chi connectivity index (χ2n) is 4.06. The Bertz CT molecular complexity index is 584. The van der Waals surface area contributed by atoms with Gasteiger partial charge in [0, 0.05) is 18.8 Å². The number of aromatic nitrogens is 1. The normalized spacial score (nSPS) is 10.4. The van der Waals surface area contributed by atoms with Gasteiger partial charge in [0.25, 0.3) is 0 Å². The van der Waals surface area contributed by atoms with Crippen LogP contribution < -0.4 is 10.6 Å². The maximum atomic E-state index is 13.7. The van der Waals surface area contributed by atoms with Crippen molar-refractivity contribution in [1.29, 1.82) is 0 Å². The molecular weight excluding hydrogens is 236 g/mol. The highest BCUT2D eigenvalue weighted by Crippen LogP contribution is 2.26.